The maximum absolute atomic E-state index is 14.0. The van der Waals surface area contributed by atoms with Crippen molar-refractivity contribution in [2.24, 2.45) is 40.9 Å². The monoisotopic (exact) mass is 431 g/mol. The molecule has 4 rings (SSSR count). The molecule has 0 aromatic carbocycles. The lowest BCUT2D eigenvalue weighted by Gasteiger charge is -2.58. The van der Waals surface area contributed by atoms with Crippen LogP contribution in [0, 0.1) is 40.9 Å². The van der Waals surface area contributed by atoms with E-state index in [0.29, 0.717) is 29.5 Å². The van der Waals surface area contributed by atoms with Gasteiger partial charge in [-0.1, -0.05) is 40.3 Å². The van der Waals surface area contributed by atoms with Gasteiger partial charge in [-0.2, -0.15) is 0 Å². The summed E-state index contributed by atoms with van der Waals surface area (Å²) in [5, 5.41) is 6.89. The van der Waals surface area contributed by atoms with Crippen LogP contribution in [0.4, 0.5) is 0 Å². The van der Waals surface area contributed by atoms with Gasteiger partial charge in [0, 0.05) is 31.5 Å². The number of rotatable bonds is 3. The first-order valence-electron chi connectivity index (χ1n) is 12.1. The number of fused-ring (bicyclic) bond motifs is 3. The average Bonchev–Trinajstić information content (AvgIpc) is 2.74. The standard InChI is InChI=1S/C25H39NO2.CH2O2/c1-6-18-14-20-19-8-7-9-25(4,5)23(19)21(15-26-10-12-28-13-11-26)24(27)22(20)17(3)16(18)2;2-1-3/h18-23H,2-3,6-15H2,1,4-5H3;1H,(H,2,3)/t18-,19?,20?,21?,22?,23?;/m0./s1. The Morgan fingerprint density at radius 1 is 1.19 bits per heavy atom. The summed E-state index contributed by atoms with van der Waals surface area (Å²) in [5.41, 5.74) is 2.48. The maximum Gasteiger partial charge on any atom is 0.290 e. The Labute approximate surface area is 187 Å². The summed E-state index contributed by atoms with van der Waals surface area (Å²) in [6.07, 6.45) is 6.11. The van der Waals surface area contributed by atoms with Crippen molar-refractivity contribution in [3.05, 3.63) is 24.3 Å². The maximum atomic E-state index is 14.0. The highest BCUT2D eigenvalue weighted by Gasteiger charge is 2.57. The van der Waals surface area contributed by atoms with Gasteiger partial charge in [0.1, 0.15) is 5.78 Å². The van der Waals surface area contributed by atoms with Gasteiger partial charge >= 0.3 is 0 Å². The van der Waals surface area contributed by atoms with Crippen LogP contribution in [0.25, 0.3) is 0 Å². The largest absolute Gasteiger partial charge is 0.483 e. The Balaban J connectivity index is 0.000000858. The van der Waals surface area contributed by atoms with Crippen LogP contribution in [0.2, 0.25) is 0 Å². The lowest BCUT2D eigenvalue weighted by molar-refractivity contribution is -0.149. The van der Waals surface area contributed by atoms with Crippen molar-refractivity contribution in [3.8, 4) is 0 Å². The van der Waals surface area contributed by atoms with Crippen molar-refractivity contribution in [2.75, 3.05) is 32.8 Å². The molecule has 4 aliphatic rings. The van der Waals surface area contributed by atoms with Gasteiger partial charge in [-0.05, 0) is 65.9 Å². The first kappa shape index (κ1) is 24.2. The van der Waals surface area contributed by atoms with Crippen molar-refractivity contribution < 1.29 is 19.4 Å². The minimum absolute atomic E-state index is 0.0245. The van der Waals surface area contributed by atoms with Gasteiger partial charge in [0.25, 0.3) is 6.47 Å². The quantitative estimate of drug-likeness (QED) is 0.670. The zero-order chi connectivity index (χ0) is 22.8. The van der Waals surface area contributed by atoms with E-state index in [0.717, 1.165) is 56.8 Å². The summed E-state index contributed by atoms with van der Waals surface area (Å²) in [4.78, 5) is 24.8. The van der Waals surface area contributed by atoms with Crippen molar-refractivity contribution in [1.82, 2.24) is 4.90 Å². The lowest BCUT2D eigenvalue weighted by Crippen LogP contribution is -2.58. The third kappa shape index (κ3) is 4.68. The van der Waals surface area contributed by atoms with Gasteiger partial charge in [0.2, 0.25) is 0 Å². The molecule has 5 nitrogen and oxygen atoms in total. The molecule has 0 spiro atoms. The summed E-state index contributed by atoms with van der Waals surface area (Å²) in [5.74, 6) is 2.82. The van der Waals surface area contributed by atoms with E-state index in [1.54, 1.807) is 0 Å². The first-order chi connectivity index (χ1) is 14.8. The Bertz CT molecular complexity index is 694. The fourth-order valence-electron chi connectivity index (χ4n) is 7.26. The molecule has 5 unspecified atom stereocenters. The highest BCUT2D eigenvalue weighted by atomic mass is 16.5. The molecule has 1 saturated heterocycles. The Kier molecular flexibility index (Phi) is 7.80. The molecule has 0 bridgehead atoms. The number of hydrogen-bond donors (Lipinski definition) is 1. The molecule has 31 heavy (non-hydrogen) atoms. The minimum atomic E-state index is -0.250. The number of Topliss-reactive ketones (excluding diaryl/α,β-unsaturated/α-hetero) is 1. The molecule has 1 aliphatic heterocycles. The summed E-state index contributed by atoms with van der Waals surface area (Å²) in [6.45, 7) is 20.1. The highest BCUT2D eigenvalue weighted by Crippen LogP contribution is 2.60. The van der Waals surface area contributed by atoms with E-state index < -0.39 is 0 Å². The molecule has 0 aromatic rings. The Morgan fingerprint density at radius 2 is 1.84 bits per heavy atom. The molecule has 0 radical (unpaired) electrons. The lowest BCUT2D eigenvalue weighted by atomic mass is 9.46. The number of hydrogen-bond acceptors (Lipinski definition) is 4. The number of morpholine rings is 1. The van der Waals surface area contributed by atoms with Crippen molar-refractivity contribution in [1.29, 1.82) is 0 Å². The second-order valence-electron chi connectivity index (χ2n) is 10.6. The predicted molar refractivity (Wildman–Crippen MR) is 123 cm³/mol. The van der Waals surface area contributed by atoms with Crippen LogP contribution in [-0.4, -0.2) is 55.1 Å². The van der Waals surface area contributed by atoms with E-state index >= 15 is 0 Å². The van der Waals surface area contributed by atoms with E-state index in [2.05, 4.69) is 38.8 Å². The molecule has 4 fully saturated rings. The zero-order valence-corrected chi connectivity index (χ0v) is 19.6. The number of carbonyl (C=O) groups excluding carboxylic acids is 1. The fourth-order valence-corrected chi connectivity index (χ4v) is 7.26. The Hall–Kier alpha value is -1.46. The summed E-state index contributed by atoms with van der Waals surface area (Å²) in [7, 11) is 0. The third-order valence-electron chi connectivity index (χ3n) is 8.69. The van der Waals surface area contributed by atoms with Crippen molar-refractivity contribution in [3.63, 3.8) is 0 Å². The summed E-state index contributed by atoms with van der Waals surface area (Å²) >= 11 is 0. The van der Waals surface area contributed by atoms with E-state index in [1.807, 2.05) is 0 Å². The van der Waals surface area contributed by atoms with Gasteiger partial charge in [-0.25, -0.2) is 0 Å². The molecule has 0 amide bonds. The van der Waals surface area contributed by atoms with Gasteiger partial charge in [-0.3, -0.25) is 14.5 Å². The van der Waals surface area contributed by atoms with E-state index in [1.165, 1.54) is 19.3 Å². The number of ether oxygens (including phenoxy) is 1. The zero-order valence-electron chi connectivity index (χ0n) is 19.6. The topological polar surface area (TPSA) is 66.8 Å². The fraction of sp³-hybridized carbons (Fsp3) is 0.769. The Morgan fingerprint density at radius 3 is 2.45 bits per heavy atom. The van der Waals surface area contributed by atoms with E-state index in [9.17, 15) is 4.79 Å². The molecule has 1 N–H and O–H groups in total. The molecule has 6 atom stereocenters. The van der Waals surface area contributed by atoms with Gasteiger partial charge in [-0.15, -0.1) is 0 Å². The van der Waals surface area contributed by atoms with Crippen LogP contribution in [-0.2, 0) is 14.3 Å². The SMILES string of the molecule is C=C1C(=C)[C@@H](CC)CC2C1C(=O)C(CN1CCOCC1)C1C2CCCC1(C)C.O=CO. The van der Waals surface area contributed by atoms with Gasteiger partial charge < -0.3 is 9.84 Å². The first-order valence-corrected chi connectivity index (χ1v) is 12.1. The van der Waals surface area contributed by atoms with Crippen molar-refractivity contribution in [2.45, 2.75) is 52.9 Å². The number of allylic oxidation sites excluding steroid dienone is 2. The summed E-state index contributed by atoms with van der Waals surface area (Å²) < 4.78 is 5.55. The van der Waals surface area contributed by atoms with Crippen LogP contribution in [0.3, 0.4) is 0 Å². The molecule has 3 aliphatic carbocycles. The molecular formula is C26H41NO4. The van der Waals surface area contributed by atoms with Crippen LogP contribution in [0.15, 0.2) is 24.3 Å². The third-order valence-corrected chi connectivity index (χ3v) is 8.69. The minimum Gasteiger partial charge on any atom is -0.483 e. The van der Waals surface area contributed by atoms with Gasteiger partial charge in [0.15, 0.2) is 0 Å². The normalized spacial score (nSPS) is 37.8. The van der Waals surface area contributed by atoms with Crippen LogP contribution >= 0.6 is 0 Å². The van der Waals surface area contributed by atoms with Crippen LogP contribution < -0.4 is 0 Å². The average molecular weight is 432 g/mol. The number of ketones is 1. The smallest absolute Gasteiger partial charge is 0.290 e. The van der Waals surface area contributed by atoms with E-state index in [4.69, 9.17) is 14.6 Å². The molecule has 0 aromatic heterocycles. The summed E-state index contributed by atoms with van der Waals surface area (Å²) in [6, 6.07) is 0. The molecule has 3 saturated carbocycles. The van der Waals surface area contributed by atoms with Crippen molar-refractivity contribution >= 4 is 12.3 Å². The molecular weight excluding hydrogens is 390 g/mol. The second kappa shape index (κ2) is 9.99. The molecule has 1 heterocycles. The van der Waals surface area contributed by atoms with E-state index in [-0.39, 0.29) is 23.7 Å². The van der Waals surface area contributed by atoms with Gasteiger partial charge in [0.05, 0.1) is 13.2 Å². The predicted octanol–water partition coefficient (Wildman–Crippen LogP) is 4.44. The molecule has 5 heteroatoms. The second-order valence-corrected chi connectivity index (χ2v) is 10.6. The van der Waals surface area contributed by atoms with Crippen LogP contribution in [0.1, 0.15) is 52.9 Å². The number of carbonyl (C=O) groups is 2. The van der Waals surface area contributed by atoms with Crippen LogP contribution in [0.5, 0.6) is 0 Å². The highest BCUT2D eigenvalue weighted by molar-refractivity contribution is 5.89. The molecule has 174 valence electrons. The number of carboxylic acid groups (broad SMARTS) is 1. The number of nitrogens with zero attached hydrogens (tertiary/aromatic N) is 1.